The summed E-state index contributed by atoms with van der Waals surface area (Å²) in [5.74, 6) is -0.858. The molecule has 0 aliphatic heterocycles. The topological polar surface area (TPSA) is 81.4 Å². The number of ether oxygens (including phenoxy) is 1. The Bertz CT molecular complexity index is 430. The molecule has 0 atom stereocenters. The maximum Gasteiger partial charge on any atom is 0.338 e. The predicted molar refractivity (Wildman–Crippen MR) is 64.6 cm³/mol. The third kappa shape index (κ3) is 3.48. The van der Waals surface area contributed by atoms with Crippen LogP contribution in [0.3, 0.4) is 0 Å². The number of hydrogen-bond acceptors (Lipinski definition) is 4. The first kappa shape index (κ1) is 13.0. The Morgan fingerprint density at radius 1 is 1.41 bits per heavy atom. The molecule has 0 fully saturated rings. The smallest absolute Gasteiger partial charge is 0.338 e. The van der Waals surface area contributed by atoms with E-state index in [0.717, 1.165) is 0 Å². The Morgan fingerprint density at radius 2 is 2.12 bits per heavy atom. The van der Waals surface area contributed by atoms with Crippen LogP contribution in [0.1, 0.15) is 22.8 Å². The minimum absolute atomic E-state index is 0.277. The molecule has 0 saturated carbocycles. The van der Waals surface area contributed by atoms with Gasteiger partial charge in [-0.15, -0.1) is 0 Å². The third-order valence-corrected chi connectivity index (χ3v) is 2.30. The predicted octanol–water partition coefficient (Wildman–Crippen LogP) is 0.870. The van der Waals surface area contributed by atoms with Crippen LogP contribution in [-0.4, -0.2) is 25.0 Å². The Balaban J connectivity index is 2.64. The number of anilines is 1. The Morgan fingerprint density at radius 3 is 2.76 bits per heavy atom. The van der Waals surface area contributed by atoms with Crippen molar-refractivity contribution in [3.05, 3.63) is 29.3 Å². The lowest BCUT2D eigenvalue weighted by atomic mass is 10.1. The highest BCUT2D eigenvalue weighted by molar-refractivity contribution is 5.94. The zero-order chi connectivity index (χ0) is 12.8. The summed E-state index contributed by atoms with van der Waals surface area (Å²) in [4.78, 5) is 22.8. The summed E-state index contributed by atoms with van der Waals surface area (Å²) >= 11 is 0. The van der Waals surface area contributed by atoms with Gasteiger partial charge in [-0.05, 0) is 31.5 Å². The molecule has 0 radical (unpaired) electrons. The van der Waals surface area contributed by atoms with Gasteiger partial charge in [0.05, 0.1) is 5.56 Å². The lowest BCUT2D eigenvalue weighted by molar-refractivity contribution is -0.124. The number of carbonyl (C=O) groups excluding carboxylic acids is 2. The molecule has 0 spiro atoms. The molecule has 0 saturated heterocycles. The lowest BCUT2D eigenvalue weighted by Gasteiger charge is -2.08. The van der Waals surface area contributed by atoms with Crippen molar-refractivity contribution in [1.82, 2.24) is 5.32 Å². The number of nitrogens with two attached hydrogens (primary N) is 1. The molecule has 1 aromatic carbocycles. The number of amides is 1. The zero-order valence-corrected chi connectivity index (χ0v) is 9.95. The zero-order valence-electron chi connectivity index (χ0n) is 9.95. The van der Waals surface area contributed by atoms with Gasteiger partial charge in [0.2, 0.25) is 0 Å². The molecule has 3 N–H and O–H groups in total. The van der Waals surface area contributed by atoms with Gasteiger partial charge in [0.25, 0.3) is 5.91 Å². The molecule has 1 amide bonds. The van der Waals surface area contributed by atoms with E-state index in [1.165, 1.54) is 0 Å². The van der Waals surface area contributed by atoms with Crippen molar-refractivity contribution in [1.29, 1.82) is 0 Å². The number of benzene rings is 1. The lowest BCUT2D eigenvalue weighted by Crippen LogP contribution is -2.28. The Hall–Kier alpha value is -2.04. The average Bonchev–Trinajstić information content (AvgIpc) is 2.30. The third-order valence-electron chi connectivity index (χ3n) is 2.30. The maximum atomic E-state index is 11.7. The van der Waals surface area contributed by atoms with Crippen LogP contribution >= 0.6 is 0 Å². The van der Waals surface area contributed by atoms with Gasteiger partial charge in [-0.1, -0.05) is 6.07 Å². The molecule has 5 nitrogen and oxygen atoms in total. The van der Waals surface area contributed by atoms with Crippen molar-refractivity contribution in [2.45, 2.75) is 13.8 Å². The fourth-order valence-electron chi connectivity index (χ4n) is 1.33. The molecular weight excluding hydrogens is 220 g/mol. The average molecular weight is 236 g/mol. The fraction of sp³-hybridized carbons (Fsp3) is 0.333. The minimum atomic E-state index is -0.541. The first-order chi connectivity index (χ1) is 8.06. The van der Waals surface area contributed by atoms with Crippen molar-refractivity contribution < 1.29 is 14.3 Å². The van der Waals surface area contributed by atoms with Gasteiger partial charge in [-0.25, -0.2) is 4.79 Å². The quantitative estimate of drug-likeness (QED) is 0.600. The van der Waals surface area contributed by atoms with Crippen LogP contribution < -0.4 is 11.1 Å². The summed E-state index contributed by atoms with van der Waals surface area (Å²) in [6.07, 6.45) is 0. The highest BCUT2D eigenvalue weighted by atomic mass is 16.5. The molecule has 1 aromatic rings. The van der Waals surface area contributed by atoms with Crippen molar-refractivity contribution in [2.24, 2.45) is 0 Å². The molecule has 1 rings (SSSR count). The van der Waals surface area contributed by atoms with Gasteiger partial charge >= 0.3 is 5.97 Å². The molecule has 0 heterocycles. The maximum absolute atomic E-state index is 11.7. The van der Waals surface area contributed by atoms with Gasteiger partial charge in [0.1, 0.15) is 0 Å². The van der Waals surface area contributed by atoms with Gasteiger partial charge in [0, 0.05) is 12.2 Å². The number of nitrogen functional groups attached to an aromatic ring is 1. The van der Waals surface area contributed by atoms with Crippen LogP contribution in [0.2, 0.25) is 0 Å². The molecule has 17 heavy (non-hydrogen) atoms. The van der Waals surface area contributed by atoms with Gasteiger partial charge < -0.3 is 15.8 Å². The fourth-order valence-corrected chi connectivity index (χ4v) is 1.33. The largest absolute Gasteiger partial charge is 0.452 e. The van der Waals surface area contributed by atoms with Crippen LogP contribution in [-0.2, 0) is 9.53 Å². The molecule has 0 aliphatic rings. The number of esters is 1. The van der Waals surface area contributed by atoms with E-state index in [1.54, 1.807) is 32.0 Å². The van der Waals surface area contributed by atoms with Crippen molar-refractivity contribution in [3.8, 4) is 0 Å². The second-order valence-electron chi connectivity index (χ2n) is 3.55. The van der Waals surface area contributed by atoms with E-state index in [9.17, 15) is 9.59 Å². The Labute approximate surface area is 99.9 Å². The molecular formula is C12H16N2O3. The normalized spacial score (nSPS) is 9.76. The second kappa shape index (κ2) is 5.89. The first-order valence-electron chi connectivity index (χ1n) is 5.35. The molecule has 0 aromatic heterocycles. The van der Waals surface area contributed by atoms with E-state index in [1.807, 2.05) is 0 Å². The van der Waals surface area contributed by atoms with E-state index in [-0.39, 0.29) is 12.5 Å². The van der Waals surface area contributed by atoms with Crippen LogP contribution in [0.5, 0.6) is 0 Å². The van der Waals surface area contributed by atoms with E-state index in [4.69, 9.17) is 10.5 Å². The highest BCUT2D eigenvalue weighted by Gasteiger charge is 2.13. The minimum Gasteiger partial charge on any atom is -0.452 e. The molecule has 0 bridgehead atoms. The van der Waals surface area contributed by atoms with E-state index in [2.05, 4.69) is 5.32 Å². The number of nitrogens with one attached hydrogen (secondary N) is 1. The molecule has 92 valence electrons. The monoisotopic (exact) mass is 236 g/mol. The molecule has 0 aliphatic carbocycles. The van der Waals surface area contributed by atoms with Gasteiger partial charge in [-0.2, -0.15) is 0 Å². The summed E-state index contributed by atoms with van der Waals surface area (Å²) in [6.45, 7) is 3.76. The summed E-state index contributed by atoms with van der Waals surface area (Å²) in [5.41, 5.74) is 7.24. The number of carbonyl (C=O) groups is 2. The number of hydrogen-bond donors (Lipinski definition) is 2. The van der Waals surface area contributed by atoms with E-state index >= 15 is 0 Å². The molecule has 0 unspecified atom stereocenters. The van der Waals surface area contributed by atoms with Crippen LogP contribution in [0.4, 0.5) is 5.69 Å². The van der Waals surface area contributed by atoms with Crippen molar-refractivity contribution >= 4 is 17.6 Å². The van der Waals surface area contributed by atoms with E-state index in [0.29, 0.717) is 23.4 Å². The standard InChI is InChI=1S/C12H16N2O3/c1-3-14-11(15)7-17-12(16)9-5-4-6-10(13)8(9)2/h4-6H,3,7,13H2,1-2H3,(H,14,15). The summed E-state index contributed by atoms with van der Waals surface area (Å²) in [5, 5.41) is 2.54. The van der Waals surface area contributed by atoms with Crippen LogP contribution in [0.25, 0.3) is 0 Å². The summed E-state index contributed by atoms with van der Waals surface area (Å²) in [7, 11) is 0. The van der Waals surface area contributed by atoms with Crippen LogP contribution in [0, 0.1) is 6.92 Å². The van der Waals surface area contributed by atoms with E-state index < -0.39 is 5.97 Å². The number of likely N-dealkylation sites (N-methyl/N-ethyl adjacent to an activating group) is 1. The number of rotatable bonds is 4. The van der Waals surface area contributed by atoms with Crippen molar-refractivity contribution in [2.75, 3.05) is 18.9 Å². The summed E-state index contributed by atoms with van der Waals surface area (Å²) in [6, 6.07) is 4.99. The first-order valence-corrected chi connectivity index (χ1v) is 5.35. The highest BCUT2D eigenvalue weighted by Crippen LogP contribution is 2.16. The van der Waals surface area contributed by atoms with Gasteiger partial charge in [-0.3, -0.25) is 4.79 Å². The SMILES string of the molecule is CCNC(=O)COC(=O)c1cccc(N)c1C. The Kier molecular flexibility index (Phi) is 4.51. The van der Waals surface area contributed by atoms with Gasteiger partial charge in [0.15, 0.2) is 6.61 Å². The van der Waals surface area contributed by atoms with Crippen molar-refractivity contribution in [3.63, 3.8) is 0 Å². The van der Waals surface area contributed by atoms with Crippen LogP contribution in [0.15, 0.2) is 18.2 Å². The summed E-state index contributed by atoms with van der Waals surface area (Å²) < 4.78 is 4.87. The second-order valence-corrected chi connectivity index (χ2v) is 3.55. The molecule has 5 heteroatoms.